The zero-order valence-corrected chi connectivity index (χ0v) is 12.9. The number of hydrogen-bond donors (Lipinski definition) is 1. The first-order valence-corrected chi connectivity index (χ1v) is 7.64. The fraction of sp³-hybridized carbons (Fsp3) is 0.588. The number of carbonyl (C=O) groups is 1. The molecule has 1 aromatic carbocycles. The van der Waals surface area contributed by atoms with Crippen molar-refractivity contribution in [2.24, 2.45) is 0 Å². The van der Waals surface area contributed by atoms with Crippen molar-refractivity contribution in [3.63, 3.8) is 0 Å². The van der Waals surface area contributed by atoms with E-state index in [9.17, 15) is 4.79 Å². The monoisotopic (exact) mass is 274 g/mol. The van der Waals surface area contributed by atoms with Crippen LogP contribution in [0.15, 0.2) is 18.2 Å². The highest BCUT2D eigenvalue weighted by Gasteiger charge is 2.21. The molecule has 1 aliphatic carbocycles. The third-order valence-corrected chi connectivity index (χ3v) is 4.33. The zero-order valence-electron chi connectivity index (χ0n) is 12.9. The maximum Gasteiger partial charge on any atom is 0.241 e. The molecule has 0 heterocycles. The third-order valence-electron chi connectivity index (χ3n) is 4.33. The summed E-state index contributed by atoms with van der Waals surface area (Å²) in [5.41, 5.74) is 3.50. The van der Waals surface area contributed by atoms with Crippen LogP contribution in [0.5, 0.6) is 0 Å². The van der Waals surface area contributed by atoms with Crippen LogP contribution in [0.4, 0.5) is 5.69 Å². The Morgan fingerprint density at radius 1 is 1.25 bits per heavy atom. The number of benzene rings is 1. The Labute approximate surface area is 122 Å². The molecule has 0 radical (unpaired) electrons. The Morgan fingerprint density at radius 3 is 2.60 bits per heavy atom. The molecule has 1 saturated carbocycles. The van der Waals surface area contributed by atoms with Gasteiger partial charge in [-0.15, -0.1) is 0 Å². The van der Waals surface area contributed by atoms with Gasteiger partial charge >= 0.3 is 0 Å². The molecule has 110 valence electrons. The van der Waals surface area contributed by atoms with Crippen molar-refractivity contribution >= 4 is 11.6 Å². The van der Waals surface area contributed by atoms with Crippen LogP contribution in [-0.4, -0.2) is 30.4 Å². The van der Waals surface area contributed by atoms with Crippen molar-refractivity contribution in [1.82, 2.24) is 4.90 Å². The highest BCUT2D eigenvalue weighted by Crippen LogP contribution is 2.22. The Kier molecular flexibility index (Phi) is 5.05. The molecule has 3 nitrogen and oxygen atoms in total. The van der Waals surface area contributed by atoms with Gasteiger partial charge in [-0.3, -0.25) is 4.79 Å². The van der Waals surface area contributed by atoms with E-state index in [1.165, 1.54) is 30.4 Å². The number of aryl methyl sites for hydroxylation is 2. The average Bonchev–Trinajstić information content (AvgIpc) is 2.46. The van der Waals surface area contributed by atoms with E-state index >= 15 is 0 Å². The van der Waals surface area contributed by atoms with Gasteiger partial charge in [0, 0.05) is 18.8 Å². The van der Waals surface area contributed by atoms with E-state index in [-0.39, 0.29) is 5.91 Å². The van der Waals surface area contributed by atoms with Gasteiger partial charge in [0.1, 0.15) is 0 Å². The molecule has 0 aliphatic heterocycles. The minimum Gasteiger partial charge on any atom is -0.376 e. The second-order valence-electron chi connectivity index (χ2n) is 5.97. The molecule has 0 spiro atoms. The minimum atomic E-state index is 0.192. The van der Waals surface area contributed by atoms with Crippen LogP contribution in [0.3, 0.4) is 0 Å². The molecule has 1 aromatic rings. The number of nitrogens with zero attached hydrogens (tertiary/aromatic N) is 1. The fourth-order valence-corrected chi connectivity index (χ4v) is 2.98. The standard InChI is InChI=1S/C17H26N2O/c1-13-9-10-16(14(2)11-13)18-12-17(20)19(3)15-7-5-4-6-8-15/h9-11,15,18H,4-8,12H2,1-3H3. The second-order valence-corrected chi connectivity index (χ2v) is 5.97. The summed E-state index contributed by atoms with van der Waals surface area (Å²) in [5.74, 6) is 0.192. The van der Waals surface area contributed by atoms with Crippen LogP contribution < -0.4 is 5.32 Å². The summed E-state index contributed by atoms with van der Waals surface area (Å²) in [7, 11) is 1.95. The Balaban J connectivity index is 1.87. The summed E-state index contributed by atoms with van der Waals surface area (Å²) >= 11 is 0. The molecule has 3 heteroatoms. The van der Waals surface area contributed by atoms with E-state index in [4.69, 9.17) is 0 Å². The van der Waals surface area contributed by atoms with E-state index < -0.39 is 0 Å². The number of amides is 1. The molecule has 1 amide bonds. The van der Waals surface area contributed by atoms with Gasteiger partial charge in [-0.2, -0.15) is 0 Å². The normalized spacial score (nSPS) is 15.9. The van der Waals surface area contributed by atoms with Crippen LogP contribution in [0.2, 0.25) is 0 Å². The Hall–Kier alpha value is -1.51. The summed E-state index contributed by atoms with van der Waals surface area (Å²) < 4.78 is 0. The van der Waals surface area contributed by atoms with Crippen molar-refractivity contribution in [2.45, 2.75) is 52.0 Å². The number of rotatable bonds is 4. The molecular weight excluding hydrogens is 248 g/mol. The first-order valence-electron chi connectivity index (χ1n) is 7.64. The second kappa shape index (κ2) is 6.78. The van der Waals surface area contributed by atoms with Gasteiger partial charge in [0.15, 0.2) is 0 Å². The quantitative estimate of drug-likeness (QED) is 0.911. The molecule has 20 heavy (non-hydrogen) atoms. The van der Waals surface area contributed by atoms with Gasteiger partial charge in [-0.1, -0.05) is 37.0 Å². The summed E-state index contributed by atoms with van der Waals surface area (Å²) in [5, 5.41) is 3.27. The molecule has 0 aromatic heterocycles. The van der Waals surface area contributed by atoms with Crippen LogP contribution in [0.1, 0.15) is 43.2 Å². The summed E-state index contributed by atoms with van der Waals surface area (Å²) in [6.45, 7) is 4.54. The first-order chi connectivity index (χ1) is 9.58. The Morgan fingerprint density at radius 2 is 1.95 bits per heavy atom. The molecule has 0 saturated heterocycles. The van der Waals surface area contributed by atoms with Crippen LogP contribution >= 0.6 is 0 Å². The molecule has 1 aliphatic rings. The van der Waals surface area contributed by atoms with Gasteiger partial charge in [-0.05, 0) is 38.3 Å². The highest BCUT2D eigenvalue weighted by molar-refractivity contribution is 5.81. The molecular formula is C17H26N2O. The lowest BCUT2D eigenvalue weighted by atomic mass is 9.94. The maximum absolute atomic E-state index is 12.3. The summed E-state index contributed by atoms with van der Waals surface area (Å²) in [4.78, 5) is 14.2. The lowest BCUT2D eigenvalue weighted by molar-refractivity contribution is -0.130. The van der Waals surface area contributed by atoms with E-state index in [0.717, 1.165) is 18.5 Å². The number of nitrogens with one attached hydrogen (secondary N) is 1. The van der Waals surface area contributed by atoms with Crippen molar-refractivity contribution < 1.29 is 4.79 Å². The van der Waals surface area contributed by atoms with Crippen LogP contribution in [0.25, 0.3) is 0 Å². The lowest BCUT2D eigenvalue weighted by Gasteiger charge is -2.31. The number of carbonyl (C=O) groups excluding carboxylic acids is 1. The Bertz CT molecular complexity index is 464. The highest BCUT2D eigenvalue weighted by atomic mass is 16.2. The van der Waals surface area contributed by atoms with Crippen molar-refractivity contribution in [3.8, 4) is 0 Å². The van der Waals surface area contributed by atoms with E-state index in [2.05, 4.69) is 37.4 Å². The number of anilines is 1. The van der Waals surface area contributed by atoms with E-state index in [0.29, 0.717) is 12.6 Å². The molecule has 0 atom stereocenters. The van der Waals surface area contributed by atoms with Crippen molar-refractivity contribution in [2.75, 3.05) is 18.9 Å². The maximum atomic E-state index is 12.3. The molecule has 1 N–H and O–H groups in total. The summed E-state index contributed by atoms with van der Waals surface area (Å²) in [6.07, 6.45) is 6.15. The molecule has 0 unspecified atom stereocenters. The topological polar surface area (TPSA) is 32.3 Å². The number of hydrogen-bond acceptors (Lipinski definition) is 2. The predicted molar refractivity (Wildman–Crippen MR) is 84.0 cm³/mol. The predicted octanol–water partition coefficient (Wildman–Crippen LogP) is 3.51. The average molecular weight is 274 g/mol. The van der Waals surface area contributed by atoms with Gasteiger partial charge in [0.2, 0.25) is 5.91 Å². The summed E-state index contributed by atoms with van der Waals surface area (Å²) in [6, 6.07) is 6.71. The molecule has 0 bridgehead atoms. The minimum absolute atomic E-state index is 0.192. The van der Waals surface area contributed by atoms with Crippen LogP contribution in [-0.2, 0) is 4.79 Å². The van der Waals surface area contributed by atoms with Crippen molar-refractivity contribution in [3.05, 3.63) is 29.3 Å². The van der Waals surface area contributed by atoms with Crippen molar-refractivity contribution in [1.29, 1.82) is 0 Å². The molecule has 1 fully saturated rings. The zero-order chi connectivity index (χ0) is 14.5. The fourth-order valence-electron chi connectivity index (χ4n) is 2.98. The van der Waals surface area contributed by atoms with Gasteiger partial charge in [0.05, 0.1) is 6.54 Å². The SMILES string of the molecule is Cc1ccc(NCC(=O)N(C)C2CCCCC2)c(C)c1. The van der Waals surface area contributed by atoms with Gasteiger partial charge in [0.25, 0.3) is 0 Å². The largest absolute Gasteiger partial charge is 0.376 e. The molecule has 2 rings (SSSR count). The number of likely N-dealkylation sites (N-methyl/N-ethyl adjacent to an activating group) is 1. The van der Waals surface area contributed by atoms with E-state index in [1.807, 2.05) is 11.9 Å². The van der Waals surface area contributed by atoms with Gasteiger partial charge < -0.3 is 10.2 Å². The van der Waals surface area contributed by atoms with Crippen LogP contribution in [0, 0.1) is 13.8 Å². The third kappa shape index (κ3) is 3.75. The lowest BCUT2D eigenvalue weighted by Crippen LogP contribution is -2.41. The van der Waals surface area contributed by atoms with Gasteiger partial charge in [-0.25, -0.2) is 0 Å². The first kappa shape index (κ1) is 14.9. The van der Waals surface area contributed by atoms with E-state index in [1.54, 1.807) is 0 Å². The smallest absolute Gasteiger partial charge is 0.241 e.